The Morgan fingerprint density at radius 1 is 1.50 bits per heavy atom. The van der Waals surface area contributed by atoms with Crippen LogP contribution in [0.3, 0.4) is 0 Å². The van der Waals surface area contributed by atoms with Crippen molar-refractivity contribution in [2.45, 2.75) is 0 Å². The number of hydrogen-bond acceptors (Lipinski definition) is 3. The summed E-state index contributed by atoms with van der Waals surface area (Å²) in [6.07, 6.45) is 0. The van der Waals surface area contributed by atoms with E-state index >= 15 is 0 Å². The molecule has 1 amide bonds. The third-order valence-electron chi connectivity index (χ3n) is 2.02. The van der Waals surface area contributed by atoms with Crippen LogP contribution >= 0.6 is 0 Å². The smallest absolute Gasteiger partial charge is 0.323 e. The van der Waals surface area contributed by atoms with Gasteiger partial charge in [-0.05, 0) is 18.2 Å². The Kier molecular flexibility index (Phi) is 3.44. The van der Waals surface area contributed by atoms with E-state index in [4.69, 9.17) is 10.8 Å². The monoisotopic (exact) mass is 226 g/mol. The Labute approximate surface area is 91.3 Å². The van der Waals surface area contributed by atoms with E-state index in [1.807, 2.05) is 0 Å². The lowest BCUT2D eigenvalue weighted by molar-refractivity contribution is -0.135. The number of carboxylic acids is 1. The minimum atomic E-state index is -1.07. The van der Waals surface area contributed by atoms with Crippen LogP contribution in [0.4, 0.5) is 10.1 Å². The van der Waals surface area contributed by atoms with Gasteiger partial charge in [-0.25, -0.2) is 4.39 Å². The predicted molar refractivity (Wildman–Crippen MR) is 55.8 cm³/mol. The Hall–Kier alpha value is -2.11. The van der Waals surface area contributed by atoms with Crippen molar-refractivity contribution in [3.8, 4) is 0 Å². The Morgan fingerprint density at radius 2 is 2.12 bits per heavy atom. The van der Waals surface area contributed by atoms with E-state index in [9.17, 15) is 14.0 Å². The van der Waals surface area contributed by atoms with E-state index in [-0.39, 0.29) is 17.8 Å². The number of carbonyl (C=O) groups excluding carboxylic acids is 1. The predicted octanol–water partition coefficient (Wildman–Crippen LogP) is 0.445. The highest BCUT2D eigenvalue weighted by Crippen LogP contribution is 2.18. The second-order valence-corrected chi connectivity index (χ2v) is 3.28. The maximum Gasteiger partial charge on any atom is 0.323 e. The third-order valence-corrected chi connectivity index (χ3v) is 2.02. The van der Waals surface area contributed by atoms with Crippen LogP contribution in [0.25, 0.3) is 0 Å². The van der Waals surface area contributed by atoms with Gasteiger partial charge in [0.15, 0.2) is 0 Å². The van der Waals surface area contributed by atoms with Gasteiger partial charge in [-0.15, -0.1) is 0 Å². The van der Waals surface area contributed by atoms with Gasteiger partial charge in [0.25, 0.3) is 0 Å². The molecule has 0 unspecified atom stereocenters. The molecule has 1 aromatic rings. The molecule has 0 aliphatic heterocycles. The van der Waals surface area contributed by atoms with Crippen molar-refractivity contribution in [2.24, 2.45) is 5.73 Å². The van der Waals surface area contributed by atoms with Crippen LogP contribution in [0.5, 0.6) is 0 Å². The highest BCUT2D eigenvalue weighted by Gasteiger charge is 2.12. The van der Waals surface area contributed by atoms with Gasteiger partial charge in [-0.2, -0.15) is 0 Å². The van der Waals surface area contributed by atoms with E-state index in [2.05, 4.69) is 0 Å². The summed E-state index contributed by atoms with van der Waals surface area (Å²) in [5.41, 5.74) is 5.13. The summed E-state index contributed by atoms with van der Waals surface area (Å²) in [6.45, 7) is -0.327. The Bertz CT molecular complexity index is 434. The van der Waals surface area contributed by atoms with Crippen molar-refractivity contribution < 1.29 is 19.1 Å². The van der Waals surface area contributed by atoms with E-state index in [0.29, 0.717) is 0 Å². The molecule has 0 fully saturated rings. The van der Waals surface area contributed by atoms with Gasteiger partial charge in [0, 0.05) is 12.6 Å². The second kappa shape index (κ2) is 4.61. The molecule has 3 N–H and O–H groups in total. The van der Waals surface area contributed by atoms with Gasteiger partial charge < -0.3 is 15.7 Å². The zero-order valence-corrected chi connectivity index (χ0v) is 8.61. The fourth-order valence-corrected chi connectivity index (χ4v) is 1.26. The van der Waals surface area contributed by atoms with Crippen molar-refractivity contribution in [3.05, 3.63) is 29.6 Å². The van der Waals surface area contributed by atoms with Crippen LogP contribution in [0, 0.1) is 5.82 Å². The van der Waals surface area contributed by atoms with Gasteiger partial charge in [-0.3, -0.25) is 9.59 Å². The number of hydrogen-bond donors (Lipinski definition) is 2. The maximum absolute atomic E-state index is 13.5. The number of anilines is 1. The molecule has 0 saturated carbocycles. The van der Waals surface area contributed by atoms with Gasteiger partial charge in [-0.1, -0.05) is 0 Å². The molecule has 0 bridgehead atoms. The fourth-order valence-electron chi connectivity index (χ4n) is 1.26. The maximum atomic E-state index is 13.5. The van der Waals surface area contributed by atoms with E-state index < -0.39 is 17.7 Å². The number of halogens is 1. The number of carboxylic acid groups (broad SMARTS) is 1. The number of nitrogens with two attached hydrogens (primary N) is 1. The van der Waals surface area contributed by atoms with E-state index in [1.165, 1.54) is 24.1 Å². The highest BCUT2D eigenvalue weighted by atomic mass is 19.1. The molecule has 0 aliphatic rings. The topological polar surface area (TPSA) is 83.6 Å². The standard InChI is InChI=1S/C10H11FN2O3/c1-13(5-9(14)15)8-3-2-6(10(12)16)4-7(8)11/h2-4H,5H2,1H3,(H2,12,16)(H,14,15). The zero-order valence-electron chi connectivity index (χ0n) is 8.61. The summed E-state index contributed by atoms with van der Waals surface area (Å²) in [5, 5.41) is 8.54. The van der Waals surface area contributed by atoms with Crippen molar-refractivity contribution >= 4 is 17.6 Å². The van der Waals surface area contributed by atoms with Gasteiger partial charge in [0.2, 0.25) is 5.91 Å². The van der Waals surface area contributed by atoms with Crippen LogP contribution in [-0.4, -0.2) is 30.6 Å². The first kappa shape index (κ1) is 12.0. The van der Waals surface area contributed by atoms with Gasteiger partial charge in [0.1, 0.15) is 12.4 Å². The molecule has 0 aliphatic carbocycles. The molecular formula is C10H11FN2O3. The second-order valence-electron chi connectivity index (χ2n) is 3.28. The normalized spacial score (nSPS) is 9.88. The first-order valence-electron chi connectivity index (χ1n) is 4.44. The lowest BCUT2D eigenvalue weighted by Gasteiger charge is -2.17. The first-order valence-corrected chi connectivity index (χ1v) is 4.44. The molecular weight excluding hydrogens is 215 g/mol. The molecule has 1 rings (SSSR count). The average Bonchev–Trinajstić information content (AvgIpc) is 2.15. The van der Waals surface area contributed by atoms with Crippen molar-refractivity contribution in [1.29, 1.82) is 0 Å². The minimum Gasteiger partial charge on any atom is -0.480 e. The molecule has 0 heterocycles. The third kappa shape index (κ3) is 2.69. The van der Waals surface area contributed by atoms with Crippen LogP contribution in [0.1, 0.15) is 10.4 Å². The number of primary amides is 1. The largest absolute Gasteiger partial charge is 0.480 e. The van der Waals surface area contributed by atoms with Crippen molar-refractivity contribution in [2.75, 3.05) is 18.5 Å². The molecule has 0 aromatic heterocycles. The highest BCUT2D eigenvalue weighted by molar-refractivity contribution is 5.93. The van der Waals surface area contributed by atoms with Crippen LogP contribution < -0.4 is 10.6 Å². The molecule has 0 atom stereocenters. The lowest BCUT2D eigenvalue weighted by atomic mass is 10.2. The summed E-state index contributed by atoms with van der Waals surface area (Å²) in [5.74, 6) is -2.48. The summed E-state index contributed by atoms with van der Waals surface area (Å²) >= 11 is 0. The van der Waals surface area contributed by atoms with E-state index in [1.54, 1.807) is 0 Å². The molecule has 86 valence electrons. The number of rotatable bonds is 4. The average molecular weight is 226 g/mol. The Balaban J connectivity index is 2.98. The van der Waals surface area contributed by atoms with Gasteiger partial charge in [0.05, 0.1) is 5.69 Å². The number of carbonyl (C=O) groups is 2. The molecule has 1 aromatic carbocycles. The Morgan fingerprint density at radius 3 is 2.56 bits per heavy atom. The van der Waals surface area contributed by atoms with Crippen LogP contribution in [-0.2, 0) is 4.79 Å². The molecule has 16 heavy (non-hydrogen) atoms. The van der Waals surface area contributed by atoms with Crippen molar-refractivity contribution in [1.82, 2.24) is 0 Å². The molecule has 6 heteroatoms. The summed E-state index contributed by atoms with van der Waals surface area (Å²) in [6, 6.07) is 3.65. The fraction of sp³-hybridized carbons (Fsp3) is 0.200. The molecule has 0 radical (unpaired) electrons. The lowest BCUT2D eigenvalue weighted by Crippen LogP contribution is -2.26. The molecule has 0 saturated heterocycles. The quantitative estimate of drug-likeness (QED) is 0.780. The van der Waals surface area contributed by atoms with Crippen LogP contribution in [0.2, 0.25) is 0 Å². The number of benzene rings is 1. The molecule has 0 spiro atoms. The van der Waals surface area contributed by atoms with Crippen LogP contribution in [0.15, 0.2) is 18.2 Å². The van der Waals surface area contributed by atoms with Crippen molar-refractivity contribution in [3.63, 3.8) is 0 Å². The number of amides is 1. The van der Waals surface area contributed by atoms with Gasteiger partial charge >= 0.3 is 5.97 Å². The summed E-state index contributed by atoms with van der Waals surface area (Å²) in [4.78, 5) is 22.4. The SMILES string of the molecule is CN(CC(=O)O)c1ccc(C(N)=O)cc1F. The first-order chi connectivity index (χ1) is 7.41. The number of likely N-dealkylation sites (N-methyl/N-ethyl adjacent to an activating group) is 1. The zero-order chi connectivity index (χ0) is 12.3. The summed E-state index contributed by atoms with van der Waals surface area (Å²) < 4.78 is 13.5. The number of nitrogens with zero attached hydrogens (tertiary/aromatic N) is 1. The minimum absolute atomic E-state index is 0.0463. The molecule has 5 nitrogen and oxygen atoms in total. The van der Waals surface area contributed by atoms with E-state index in [0.717, 1.165) is 6.07 Å². The number of aliphatic carboxylic acids is 1. The summed E-state index contributed by atoms with van der Waals surface area (Å²) in [7, 11) is 1.44.